The number of unbranched alkanes of at least 4 members (excludes halogenated alkanes) is 1. The molecule has 0 amide bonds. The Balaban J connectivity index is 4.25. The van der Waals surface area contributed by atoms with Crippen molar-refractivity contribution in [2.24, 2.45) is 5.73 Å². The average molecular weight is 254 g/mol. The molecular weight excluding hydrogens is 232 g/mol. The van der Waals surface area contributed by atoms with Gasteiger partial charge in [-0.3, -0.25) is 0 Å². The number of nitrogens with two attached hydrogens (primary N) is 1. The van der Waals surface area contributed by atoms with Crippen molar-refractivity contribution in [3.63, 3.8) is 0 Å². The fraction of sp³-hybridized carbons (Fsp3) is 1.00. The van der Waals surface area contributed by atoms with Crippen molar-refractivity contribution < 1.29 is 18.3 Å². The third-order valence-electron chi connectivity index (χ3n) is 2.14. The maximum atomic E-state index is 11.8. The number of ether oxygens (including phenoxy) is 1. The number of methoxy groups -OCH3 is 1. The summed E-state index contributed by atoms with van der Waals surface area (Å²) in [6, 6.07) is 0. The monoisotopic (exact) mass is 254 g/mol. The molecule has 3 N–H and O–H groups in total. The van der Waals surface area contributed by atoms with Gasteiger partial charge in [0.25, 0.3) is 0 Å². The molecule has 0 aliphatic heterocycles. The second kappa shape index (κ2) is 8.89. The van der Waals surface area contributed by atoms with Crippen molar-refractivity contribution in [2.75, 3.05) is 45.7 Å². The molecule has 6 nitrogen and oxygen atoms in total. The van der Waals surface area contributed by atoms with Crippen molar-refractivity contribution in [1.82, 2.24) is 4.31 Å². The smallest absolute Gasteiger partial charge is 0.214 e. The van der Waals surface area contributed by atoms with Crippen LogP contribution in [0.1, 0.15) is 12.8 Å². The van der Waals surface area contributed by atoms with Gasteiger partial charge in [-0.25, -0.2) is 8.42 Å². The zero-order valence-corrected chi connectivity index (χ0v) is 10.6. The van der Waals surface area contributed by atoms with Crippen LogP contribution in [0, 0.1) is 0 Å². The van der Waals surface area contributed by atoms with Gasteiger partial charge in [0.2, 0.25) is 10.0 Å². The highest BCUT2D eigenvalue weighted by Gasteiger charge is 2.20. The third kappa shape index (κ3) is 6.39. The zero-order chi connectivity index (χ0) is 12.4. The van der Waals surface area contributed by atoms with Crippen molar-refractivity contribution >= 4 is 10.0 Å². The van der Waals surface area contributed by atoms with Crippen LogP contribution in [-0.4, -0.2) is 63.5 Å². The van der Waals surface area contributed by atoms with Gasteiger partial charge in [-0.15, -0.1) is 0 Å². The highest BCUT2D eigenvalue weighted by atomic mass is 32.2. The highest BCUT2D eigenvalue weighted by molar-refractivity contribution is 7.89. The number of sulfonamides is 1. The van der Waals surface area contributed by atoms with Crippen LogP contribution >= 0.6 is 0 Å². The van der Waals surface area contributed by atoms with E-state index >= 15 is 0 Å². The van der Waals surface area contributed by atoms with E-state index in [0.29, 0.717) is 26.0 Å². The van der Waals surface area contributed by atoms with Gasteiger partial charge < -0.3 is 15.6 Å². The van der Waals surface area contributed by atoms with E-state index < -0.39 is 10.0 Å². The fourth-order valence-electron chi connectivity index (χ4n) is 1.25. The second-order valence-corrected chi connectivity index (χ2v) is 5.52. The summed E-state index contributed by atoms with van der Waals surface area (Å²) in [6.07, 6.45) is 1.24. The molecule has 0 aromatic rings. The fourth-order valence-corrected chi connectivity index (χ4v) is 2.79. The minimum Gasteiger partial charge on any atom is -0.395 e. The van der Waals surface area contributed by atoms with Crippen molar-refractivity contribution in [3.8, 4) is 0 Å². The van der Waals surface area contributed by atoms with E-state index in [4.69, 9.17) is 15.6 Å². The van der Waals surface area contributed by atoms with Crippen LogP contribution in [0.3, 0.4) is 0 Å². The molecule has 16 heavy (non-hydrogen) atoms. The summed E-state index contributed by atoms with van der Waals surface area (Å²) < 4.78 is 29.7. The normalized spacial score (nSPS) is 12.2. The Bertz CT molecular complexity index is 256. The van der Waals surface area contributed by atoms with Crippen LogP contribution < -0.4 is 5.73 Å². The van der Waals surface area contributed by atoms with Crippen molar-refractivity contribution in [1.29, 1.82) is 0 Å². The molecule has 98 valence electrons. The predicted molar refractivity (Wildman–Crippen MR) is 62.6 cm³/mol. The molecule has 0 saturated heterocycles. The molecule has 0 bridgehead atoms. The van der Waals surface area contributed by atoms with Crippen LogP contribution in [0.5, 0.6) is 0 Å². The van der Waals surface area contributed by atoms with Gasteiger partial charge in [-0.1, -0.05) is 0 Å². The number of rotatable bonds is 10. The minimum atomic E-state index is -3.29. The quantitative estimate of drug-likeness (QED) is 0.488. The van der Waals surface area contributed by atoms with Crippen LogP contribution in [0.2, 0.25) is 0 Å². The molecule has 0 atom stereocenters. The average Bonchev–Trinajstić information content (AvgIpc) is 2.24. The van der Waals surface area contributed by atoms with Crippen molar-refractivity contribution in [2.45, 2.75) is 12.8 Å². The van der Waals surface area contributed by atoms with Crippen molar-refractivity contribution in [3.05, 3.63) is 0 Å². The predicted octanol–water partition coefficient (Wildman–Crippen LogP) is -1.00. The maximum Gasteiger partial charge on any atom is 0.214 e. The number of aliphatic hydroxyl groups excluding tert-OH is 1. The third-order valence-corrected chi connectivity index (χ3v) is 4.10. The van der Waals surface area contributed by atoms with E-state index in [2.05, 4.69) is 0 Å². The van der Waals surface area contributed by atoms with Gasteiger partial charge in [-0.2, -0.15) is 4.31 Å². The molecule has 0 aliphatic rings. The topological polar surface area (TPSA) is 92.9 Å². The summed E-state index contributed by atoms with van der Waals surface area (Å²) >= 11 is 0. The SMILES string of the molecule is COCCN(CCO)S(=O)(=O)CCCCN. The lowest BCUT2D eigenvalue weighted by Crippen LogP contribution is -2.37. The Labute approximate surface area is 97.4 Å². The Kier molecular flexibility index (Phi) is 8.77. The van der Waals surface area contributed by atoms with Gasteiger partial charge in [0.15, 0.2) is 0 Å². The van der Waals surface area contributed by atoms with Gasteiger partial charge >= 0.3 is 0 Å². The summed E-state index contributed by atoms with van der Waals surface area (Å²) in [5.41, 5.74) is 5.30. The summed E-state index contributed by atoms with van der Waals surface area (Å²) in [5.74, 6) is 0.0773. The molecule has 0 aromatic heterocycles. The molecule has 0 spiro atoms. The molecule has 0 radical (unpaired) electrons. The molecule has 0 unspecified atom stereocenters. The highest BCUT2D eigenvalue weighted by Crippen LogP contribution is 2.04. The molecule has 7 heteroatoms. The van der Waals surface area contributed by atoms with Crippen LogP contribution in [0.4, 0.5) is 0 Å². The Hall–Kier alpha value is -0.210. The lowest BCUT2D eigenvalue weighted by molar-refractivity contribution is 0.168. The van der Waals surface area contributed by atoms with Crippen LogP contribution in [-0.2, 0) is 14.8 Å². The van der Waals surface area contributed by atoms with Gasteiger partial charge in [0, 0.05) is 20.2 Å². The molecule has 0 heterocycles. The summed E-state index contributed by atoms with van der Waals surface area (Å²) in [6.45, 7) is 1.04. The number of hydrogen-bond acceptors (Lipinski definition) is 5. The summed E-state index contributed by atoms with van der Waals surface area (Å²) in [7, 11) is -1.78. The van der Waals surface area contributed by atoms with E-state index in [1.54, 1.807) is 0 Å². The Morgan fingerprint density at radius 1 is 1.31 bits per heavy atom. The van der Waals surface area contributed by atoms with Crippen LogP contribution in [0.25, 0.3) is 0 Å². The second-order valence-electron chi connectivity index (χ2n) is 3.43. The van der Waals surface area contributed by atoms with E-state index in [1.165, 1.54) is 11.4 Å². The lowest BCUT2D eigenvalue weighted by Gasteiger charge is -2.20. The van der Waals surface area contributed by atoms with E-state index in [1.807, 2.05) is 0 Å². The first kappa shape index (κ1) is 15.8. The Morgan fingerprint density at radius 3 is 2.50 bits per heavy atom. The van der Waals surface area contributed by atoms with Gasteiger partial charge in [0.05, 0.1) is 19.0 Å². The minimum absolute atomic E-state index is 0.0773. The molecule has 0 aromatic carbocycles. The van der Waals surface area contributed by atoms with Gasteiger partial charge in [0.1, 0.15) is 0 Å². The zero-order valence-electron chi connectivity index (χ0n) is 9.76. The molecule has 0 rings (SSSR count). The number of nitrogens with zero attached hydrogens (tertiary/aromatic N) is 1. The molecular formula is C9H22N2O4S. The largest absolute Gasteiger partial charge is 0.395 e. The first-order valence-corrected chi connectivity index (χ1v) is 6.97. The van der Waals surface area contributed by atoms with Gasteiger partial charge in [-0.05, 0) is 19.4 Å². The van der Waals surface area contributed by atoms with Crippen LogP contribution in [0.15, 0.2) is 0 Å². The van der Waals surface area contributed by atoms with E-state index in [0.717, 1.165) is 0 Å². The lowest BCUT2D eigenvalue weighted by atomic mass is 10.3. The number of aliphatic hydroxyl groups is 1. The Morgan fingerprint density at radius 2 is 2.00 bits per heavy atom. The maximum absolute atomic E-state index is 11.8. The number of hydrogen-bond donors (Lipinski definition) is 2. The summed E-state index contributed by atoms with van der Waals surface area (Å²) in [4.78, 5) is 0. The summed E-state index contributed by atoms with van der Waals surface area (Å²) in [5, 5.41) is 8.80. The standard InChI is InChI=1S/C9H22N2O4S/c1-15-8-6-11(5-7-12)16(13,14)9-3-2-4-10/h12H,2-10H2,1H3. The molecule has 0 saturated carbocycles. The first-order valence-electron chi connectivity index (χ1n) is 5.36. The molecule has 0 aliphatic carbocycles. The van der Waals surface area contributed by atoms with E-state index in [-0.39, 0.29) is 25.4 Å². The molecule has 0 fully saturated rings. The van der Waals surface area contributed by atoms with E-state index in [9.17, 15) is 8.42 Å². The first-order chi connectivity index (χ1) is 7.58.